The summed E-state index contributed by atoms with van der Waals surface area (Å²) in [5.41, 5.74) is 2.94. The summed E-state index contributed by atoms with van der Waals surface area (Å²) >= 11 is 1.35. The van der Waals surface area contributed by atoms with Gasteiger partial charge in [0.2, 0.25) is 0 Å². The number of hydrogen-bond donors (Lipinski definition) is 1. The van der Waals surface area contributed by atoms with Gasteiger partial charge in [-0.25, -0.2) is 4.98 Å². The smallest absolute Gasteiger partial charge is 0.307 e. The second-order valence-electron chi connectivity index (χ2n) is 5.97. The molecular formula is C20H19N3O3S. The molecule has 0 aliphatic rings. The molecule has 7 heteroatoms. The van der Waals surface area contributed by atoms with Crippen LogP contribution >= 0.6 is 11.3 Å². The number of methoxy groups -OCH3 is 1. The van der Waals surface area contributed by atoms with Crippen molar-refractivity contribution in [1.29, 1.82) is 0 Å². The number of ether oxygens (including phenoxy) is 1. The minimum absolute atomic E-state index is 0.0442. The molecule has 1 N–H and O–H groups in total. The van der Waals surface area contributed by atoms with E-state index in [0.29, 0.717) is 16.4 Å². The number of hydrogen-bond acceptors (Lipinski definition) is 6. The topological polar surface area (TPSA) is 81.2 Å². The maximum atomic E-state index is 12.7. The van der Waals surface area contributed by atoms with E-state index < -0.39 is 12.0 Å². The number of nitrogens with one attached hydrogen (secondary N) is 1. The molecule has 1 unspecified atom stereocenters. The molecular weight excluding hydrogens is 362 g/mol. The van der Waals surface area contributed by atoms with Crippen LogP contribution in [-0.4, -0.2) is 29.0 Å². The number of aryl methyl sites for hydroxylation is 1. The Labute approximate surface area is 161 Å². The first-order valence-electron chi connectivity index (χ1n) is 8.38. The highest BCUT2D eigenvalue weighted by molar-refractivity contribution is 7.13. The van der Waals surface area contributed by atoms with Crippen molar-refractivity contribution in [1.82, 2.24) is 15.3 Å². The average Bonchev–Trinajstić information content (AvgIpc) is 3.19. The van der Waals surface area contributed by atoms with Gasteiger partial charge in [0, 0.05) is 11.6 Å². The van der Waals surface area contributed by atoms with Gasteiger partial charge in [0.05, 0.1) is 25.3 Å². The summed E-state index contributed by atoms with van der Waals surface area (Å²) < 4.78 is 4.76. The molecule has 2 aromatic heterocycles. The number of pyridine rings is 1. The van der Waals surface area contributed by atoms with Crippen molar-refractivity contribution in [3.63, 3.8) is 0 Å². The largest absolute Gasteiger partial charge is 0.469 e. The molecule has 0 aliphatic heterocycles. The van der Waals surface area contributed by atoms with Gasteiger partial charge >= 0.3 is 5.97 Å². The zero-order valence-corrected chi connectivity index (χ0v) is 15.8. The Morgan fingerprint density at radius 1 is 1.19 bits per heavy atom. The molecule has 6 nitrogen and oxygen atoms in total. The van der Waals surface area contributed by atoms with Crippen LogP contribution in [0.5, 0.6) is 0 Å². The van der Waals surface area contributed by atoms with E-state index in [1.165, 1.54) is 18.4 Å². The highest BCUT2D eigenvalue weighted by Gasteiger charge is 2.21. The molecule has 0 aliphatic carbocycles. The second-order valence-corrected chi connectivity index (χ2v) is 6.83. The first-order valence-corrected chi connectivity index (χ1v) is 9.26. The lowest BCUT2D eigenvalue weighted by molar-refractivity contribution is -0.141. The third-order valence-corrected chi connectivity index (χ3v) is 4.87. The van der Waals surface area contributed by atoms with Crippen molar-refractivity contribution in [3.05, 3.63) is 70.9 Å². The zero-order valence-electron chi connectivity index (χ0n) is 15.0. The summed E-state index contributed by atoms with van der Waals surface area (Å²) in [6.45, 7) is 1.98. The number of aromatic nitrogens is 2. The fraction of sp³-hybridized carbons (Fsp3) is 0.200. The van der Waals surface area contributed by atoms with Crippen LogP contribution in [0.4, 0.5) is 0 Å². The van der Waals surface area contributed by atoms with E-state index >= 15 is 0 Å². The average molecular weight is 381 g/mol. The number of nitrogens with zero attached hydrogens (tertiary/aromatic N) is 2. The van der Waals surface area contributed by atoms with Crippen molar-refractivity contribution >= 4 is 23.2 Å². The SMILES string of the molecule is COC(=O)CC(NC(=O)c1csc(-c2ccccn2)n1)c1ccc(C)cc1. The molecule has 1 atom stereocenters. The highest BCUT2D eigenvalue weighted by atomic mass is 32.1. The van der Waals surface area contributed by atoms with Gasteiger partial charge in [-0.3, -0.25) is 14.6 Å². The van der Waals surface area contributed by atoms with Crippen LogP contribution in [-0.2, 0) is 9.53 Å². The van der Waals surface area contributed by atoms with Gasteiger partial charge in [-0.05, 0) is 24.6 Å². The quantitative estimate of drug-likeness (QED) is 0.661. The van der Waals surface area contributed by atoms with Gasteiger partial charge in [0.1, 0.15) is 10.7 Å². The van der Waals surface area contributed by atoms with Crippen molar-refractivity contribution < 1.29 is 14.3 Å². The number of carbonyl (C=O) groups excluding carboxylic acids is 2. The van der Waals surface area contributed by atoms with Crippen molar-refractivity contribution in [2.75, 3.05) is 7.11 Å². The second kappa shape index (κ2) is 8.55. The Morgan fingerprint density at radius 2 is 1.96 bits per heavy atom. The number of rotatable bonds is 6. The van der Waals surface area contributed by atoms with E-state index in [1.54, 1.807) is 11.6 Å². The summed E-state index contributed by atoms with van der Waals surface area (Å²) in [4.78, 5) is 33.1. The van der Waals surface area contributed by atoms with Crippen molar-refractivity contribution in [2.24, 2.45) is 0 Å². The fourth-order valence-electron chi connectivity index (χ4n) is 2.52. The zero-order chi connectivity index (χ0) is 19.2. The Balaban J connectivity index is 1.79. The van der Waals surface area contributed by atoms with Gasteiger partial charge in [0.25, 0.3) is 5.91 Å². The maximum absolute atomic E-state index is 12.7. The Hall–Kier alpha value is -3.06. The molecule has 0 bridgehead atoms. The molecule has 2 heterocycles. The van der Waals surface area contributed by atoms with Crippen LogP contribution in [0.2, 0.25) is 0 Å². The van der Waals surface area contributed by atoms with E-state index in [9.17, 15) is 9.59 Å². The number of thiazole rings is 1. The standard InChI is InChI=1S/C20H19N3O3S/c1-13-6-8-14(9-7-13)16(11-18(24)26-2)22-19(25)17-12-27-20(23-17)15-5-3-4-10-21-15/h3-10,12,16H,11H2,1-2H3,(H,22,25). The molecule has 0 radical (unpaired) electrons. The lowest BCUT2D eigenvalue weighted by atomic mass is 10.0. The summed E-state index contributed by atoms with van der Waals surface area (Å²) in [6.07, 6.45) is 1.72. The van der Waals surface area contributed by atoms with Gasteiger partial charge in [-0.2, -0.15) is 0 Å². The van der Waals surface area contributed by atoms with E-state index in [0.717, 1.165) is 11.1 Å². The lowest BCUT2D eigenvalue weighted by Gasteiger charge is -2.18. The first-order chi connectivity index (χ1) is 13.1. The summed E-state index contributed by atoms with van der Waals surface area (Å²) in [7, 11) is 1.33. The van der Waals surface area contributed by atoms with Crippen LogP contribution in [0.3, 0.4) is 0 Å². The molecule has 0 fully saturated rings. The van der Waals surface area contributed by atoms with E-state index in [4.69, 9.17) is 4.74 Å². The summed E-state index contributed by atoms with van der Waals surface area (Å²) in [5, 5.41) is 5.23. The Kier molecular flexibility index (Phi) is 5.93. The van der Waals surface area contributed by atoms with Gasteiger partial charge in [0.15, 0.2) is 0 Å². The van der Waals surface area contributed by atoms with E-state index in [1.807, 2.05) is 49.4 Å². The predicted octanol–water partition coefficient (Wildman–Crippen LogP) is 3.55. The Bertz CT molecular complexity index is 923. The molecule has 138 valence electrons. The Morgan fingerprint density at radius 3 is 2.63 bits per heavy atom. The highest BCUT2D eigenvalue weighted by Crippen LogP contribution is 2.23. The van der Waals surface area contributed by atoms with Crippen LogP contribution in [0, 0.1) is 6.92 Å². The number of esters is 1. The molecule has 3 rings (SSSR count). The number of carbonyl (C=O) groups is 2. The summed E-state index contributed by atoms with van der Waals surface area (Å²) in [5.74, 6) is -0.740. The lowest BCUT2D eigenvalue weighted by Crippen LogP contribution is -2.30. The molecule has 0 saturated heterocycles. The van der Waals surface area contributed by atoms with Crippen LogP contribution in [0.1, 0.15) is 34.1 Å². The van der Waals surface area contributed by atoms with Crippen LogP contribution < -0.4 is 5.32 Å². The fourth-order valence-corrected chi connectivity index (χ4v) is 3.29. The number of amides is 1. The van der Waals surface area contributed by atoms with Crippen LogP contribution in [0.15, 0.2) is 54.0 Å². The number of benzene rings is 1. The third kappa shape index (κ3) is 4.77. The molecule has 0 saturated carbocycles. The van der Waals surface area contributed by atoms with Crippen LogP contribution in [0.25, 0.3) is 10.7 Å². The minimum atomic E-state index is -0.495. The molecule has 0 spiro atoms. The predicted molar refractivity (Wildman–Crippen MR) is 103 cm³/mol. The monoisotopic (exact) mass is 381 g/mol. The maximum Gasteiger partial charge on any atom is 0.307 e. The molecule has 1 amide bonds. The molecule has 1 aromatic carbocycles. The van der Waals surface area contributed by atoms with Gasteiger partial charge < -0.3 is 10.1 Å². The summed E-state index contributed by atoms with van der Waals surface area (Å²) in [6, 6.07) is 12.7. The molecule has 3 aromatic rings. The van der Waals surface area contributed by atoms with E-state index in [2.05, 4.69) is 15.3 Å². The third-order valence-electron chi connectivity index (χ3n) is 4.00. The molecule has 27 heavy (non-hydrogen) atoms. The van der Waals surface area contributed by atoms with Gasteiger partial charge in [-0.15, -0.1) is 11.3 Å². The van der Waals surface area contributed by atoms with Crippen molar-refractivity contribution in [3.8, 4) is 10.7 Å². The first kappa shape index (κ1) is 18.7. The van der Waals surface area contributed by atoms with E-state index in [-0.39, 0.29) is 12.3 Å². The normalized spacial score (nSPS) is 11.6. The minimum Gasteiger partial charge on any atom is -0.469 e. The van der Waals surface area contributed by atoms with Crippen molar-refractivity contribution in [2.45, 2.75) is 19.4 Å². The van der Waals surface area contributed by atoms with Gasteiger partial charge in [-0.1, -0.05) is 35.9 Å².